The lowest BCUT2D eigenvalue weighted by molar-refractivity contribution is -0.126. The van der Waals surface area contributed by atoms with Gasteiger partial charge in [-0.2, -0.15) is 0 Å². The average Bonchev–Trinajstić information content (AvgIpc) is 3.56. The van der Waals surface area contributed by atoms with Crippen LogP contribution in [0.5, 0.6) is 0 Å². The molecule has 0 saturated carbocycles. The minimum absolute atomic E-state index is 0.129. The minimum Gasteiger partial charge on any atom is -0.370 e. The Morgan fingerprint density at radius 3 is 1.69 bits per heavy atom. The lowest BCUT2D eigenvalue weighted by Crippen LogP contribution is -2.53. The van der Waals surface area contributed by atoms with Crippen LogP contribution in [0, 0.1) is 0 Å². The molecule has 0 saturated heterocycles. The maximum absolute atomic E-state index is 14.3. The summed E-state index contributed by atoms with van der Waals surface area (Å²) < 4.78 is 5.99. The van der Waals surface area contributed by atoms with Crippen LogP contribution < -0.4 is 16.0 Å². The normalized spacial score (nSPS) is 14.3. The van der Waals surface area contributed by atoms with Crippen molar-refractivity contribution < 1.29 is 19.1 Å². The summed E-state index contributed by atoms with van der Waals surface area (Å²) >= 11 is 1.37. The summed E-state index contributed by atoms with van der Waals surface area (Å²) in [4.78, 5) is 40.5. The molecule has 1 unspecified atom stereocenters. The molecule has 4 rings (SSSR count). The van der Waals surface area contributed by atoms with Crippen LogP contribution >= 0.6 is 11.3 Å². The number of nitrogens with one attached hydrogen (secondary N) is 3. The van der Waals surface area contributed by atoms with E-state index in [1.54, 1.807) is 6.92 Å². The van der Waals surface area contributed by atoms with Crippen molar-refractivity contribution in [3.63, 3.8) is 0 Å². The molecule has 3 N–H and O–H groups in total. The highest BCUT2D eigenvalue weighted by Crippen LogP contribution is 2.37. The van der Waals surface area contributed by atoms with Gasteiger partial charge in [-0.3, -0.25) is 9.59 Å². The average molecular weight is 670 g/mol. The van der Waals surface area contributed by atoms with Crippen molar-refractivity contribution in [2.45, 2.75) is 96.6 Å². The second-order valence-corrected chi connectivity index (χ2v) is 14.1. The number of hydrogen-bond acceptors (Lipinski definition) is 7. The minimum atomic E-state index is -1.03. The van der Waals surface area contributed by atoms with Gasteiger partial charge in [0, 0.05) is 5.92 Å². The Morgan fingerprint density at radius 1 is 0.771 bits per heavy atom. The van der Waals surface area contributed by atoms with Crippen molar-refractivity contribution in [2.24, 2.45) is 0 Å². The van der Waals surface area contributed by atoms with Crippen LogP contribution in [0.3, 0.4) is 0 Å². The molecular weight excluding hydrogens is 623 g/mol. The topological polar surface area (TPSA) is 122 Å². The van der Waals surface area contributed by atoms with E-state index in [0.717, 1.165) is 28.1 Å². The fourth-order valence-corrected chi connectivity index (χ4v) is 6.73. The monoisotopic (exact) mass is 669 g/mol. The second-order valence-electron chi connectivity index (χ2n) is 13.1. The number of ketones is 1. The first-order chi connectivity index (χ1) is 22.8. The summed E-state index contributed by atoms with van der Waals surface area (Å²) in [7, 11) is 0. The van der Waals surface area contributed by atoms with Crippen molar-refractivity contribution in [3.05, 3.63) is 118 Å². The van der Waals surface area contributed by atoms with Gasteiger partial charge in [-0.1, -0.05) is 116 Å². The van der Waals surface area contributed by atoms with Gasteiger partial charge < -0.3 is 20.7 Å². The van der Waals surface area contributed by atoms with Crippen molar-refractivity contribution in [2.75, 3.05) is 0 Å². The zero-order chi connectivity index (χ0) is 34.9. The van der Waals surface area contributed by atoms with Gasteiger partial charge in [0.1, 0.15) is 21.6 Å². The van der Waals surface area contributed by atoms with Crippen LogP contribution in [0.2, 0.25) is 0 Å². The van der Waals surface area contributed by atoms with Gasteiger partial charge in [0.15, 0.2) is 5.78 Å². The van der Waals surface area contributed by atoms with Crippen LogP contribution in [0.15, 0.2) is 91.0 Å². The molecule has 0 aliphatic carbocycles. The number of hydrogen-bond donors (Lipinski definition) is 3. The molecule has 0 spiro atoms. The molecule has 0 bridgehead atoms. The van der Waals surface area contributed by atoms with E-state index in [0.29, 0.717) is 5.01 Å². The number of amides is 3. The van der Waals surface area contributed by atoms with E-state index in [1.165, 1.54) is 18.3 Å². The van der Waals surface area contributed by atoms with Gasteiger partial charge >= 0.3 is 6.03 Å². The summed E-state index contributed by atoms with van der Waals surface area (Å²) in [5.74, 6) is -0.395. The van der Waals surface area contributed by atoms with Crippen LogP contribution in [-0.2, 0) is 19.9 Å². The van der Waals surface area contributed by atoms with Crippen molar-refractivity contribution in [1.29, 1.82) is 0 Å². The predicted molar refractivity (Wildman–Crippen MR) is 190 cm³/mol. The standard InChI is InChI=1S/C38H47N5O4S/c1-8-25(2)34-42-43-35(48-34)31(39-36(46)40-33(26(3)44)27(4)47-37(5,6)7)24-32(45)41-38(28-18-12-9-13-19-28,29-20-14-10-15-21-29)30-22-16-11-17-23-30/h9-23,25,27,31,33H,8,24H2,1-7H3,(H,41,45)(H2,39,40,46)/t25-,27?,31-,33+/m0/s1. The Labute approximate surface area is 287 Å². The van der Waals surface area contributed by atoms with E-state index in [4.69, 9.17) is 4.74 Å². The number of rotatable bonds is 14. The van der Waals surface area contributed by atoms with Crippen molar-refractivity contribution >= 4 is 29.1 Å². The number of aromatic nitrogens is 2. The maximum Gasteiger partial charge on any atom is 0.316 e. The van der Waals surface area contributed by atoms with Gasteiger partial charge in [0.2, 0.25) is 5.91 Å². The molecule has 4 aromatic rings. The van der Waals surface area contributed by atoms with E-state index in [1.807, 2.05) is 112 Å². The Morgan fingerprint density at radius 2 is 1.25 bits per heavy atom. The molecule has 48 heavy (non-hydrogen) atoms. The number of nitrogens with zero attached hydrogens (tertiary/aromatic N) is 2. The molecule has 10 heteroatoms. The van der Waals surface area contributed by atoms with E-state index < -0.39 is 35.4 Å². The first-order valence-electron chi connectivity index (χ1n) is 16.4. The number of Topliss-reactive ketones (excluding diaryl/α,β-unsaturated/α-hetero) is 1. The van der Waals surface area contributed by atoms with E-state index in [2.05, 4.69) is 40.0 Å². The van der Waals surface area contributed by atoms with Crippen LogP contribution in [0.25, 0.3) is 0 Å². The Kier molecular flexibility index (Phi) is 12.2. The van der Waals surface area contributed by atoms with E-state index >= 15 is 0 Å². The molecular formula is C38H47N5O4S. The molecule has 254 valence electrons. The summed E-state index contributed by atoms with van der Waals surface area (Å²) in [6, 6.07) is 27.2. The van der Waals surface area contributed by atoms with Crippen molar-refractivity contribution in [1.82, 2.24) is 26.1 Å². The smallest absolute Gasteiger partial charge is 0.316 e. The van der Waals surface area contributed by atoms with Gasteiger partial charge in [0.25, 0.3) is 0 Å². The number of urea groups is 1. The molecule has 1 heterocycles. The zero-order valence-corrected chi connectivity index (χ0v) is 29.6. The van der Waals surface area contributed by atoms with E-state index in [-0.39, 0.29) is 24.0 Å². The summed E-state index contributed by atoms with van der Waals surface area (Å²) in [5.41, 5.74) is 1.09. The number of benzene rings is 3. The Bertz CT molecular complexity index is 1540. The van der Waals surface area contributed by atoms with Crippen LogP contribution in [0.1, 0.15) is 100.0 Å². The molecule has 3 aromatic carbocycles. The van der Waals surface area contributed by atoms with Crippen LogP contribution in [-0.4, -0.2) is 45.7 Å². The van der Waals surface area contributed by atoms with E-state index in [9.17, 15) is 14.4 Å². The van der Waals surface area contributed by atoms with Gasteiger partial charge in [-0.15, -0.1) is 10.2 Å². The SMILES string of the molecule is CC[C@H](C)c1nnc([C@H](CC(=O)NC(c2ccccc2)(c2ccccc2)c2ccccc2)NC(=O)N[C@H](C(C)=O)C(C)OC(C)(C)C)s1. The lowest BCUT2D eigenvalue weighted by Gasteiger charge is -2.37. The molecule has 1 aromatic heterocycles. The third-order valence-electron chi connectivity index (χ3n) is 8.16. The Hall–Kier alpha value is -4.41. The lowest BCUT2D eigenvalue weighted by atomic mass is 9.77. The summed E-state index contributed by atoms with van der Waals surface area (Å²) in [6.45, 7) is 13.0. The fourth-order valence-electron chi connectivity index (χ4n) is 5.70. The zero-order valence-electron chi connectivity index (χ0n) is 28.8. The number of ether oxygens (including phenoxy) is 1. The van der Waals surface area contributed by atoms with Crippen molar-refractivity contribution in [3.8, 4) is 0 Å². The third-order valence-corrected chi connectivity index (χ3v) is 9.43. The maximum atomic E-state index is 14.3. The predicted octanol–water partition coefficient (Wildman–Crippen LogP) is 7.05. The fraction of sp³-hybridized carbons (Fsp3) is 0.395. The Balaban J connectivity index is 1.70. The molecule has 0 fully saturated rings. The van der Waals surface area contributed by atoms with Gasteiger partial charge in [0.05, 0.1) is 24.2 Å². The summed E-state index contributed by atoms with van der Waals surface area (Å²) in [5, 5.41) is 19.2. The van der Waals surface area contributed by atoms with Gasteiger partial charge in [-0.25, -0.2) is 4.79 Å². The highest BCUT2D eigenvalue weighted by molar-refractivity contribution is 7.11. The third kappa shape index (κ3) is 9.14. The second kappa shape index (κ2) is 16.1. The first kappa shape index (κ1) is 36.4. The highest BCUT2D eigenvalue weighted by atomic mass is 32.1. The quantitative estimate of drug-likeness (QED) is 0.124. The van der Waals surface area contributed by atoms with Crippen LogP contribution in [0.4, 0.5) is 4.79 Å². The molecule has 4 atom stereocenters. The summed E-state index contributed by atoms with van der Waals surface area (Å²) in [6.07, 6.45) is 0.153. The molecule has 0 radical (unpaired) electrons. The number of carbonyl (C=O) groups excluding carboxylic acids is 3. The highest BCUT2D eigenvalue weighted by Gasteiger charge is 2.39. The largest absolute Gasteiger partial charge is 0.370 e. The molecule has 0 aliphatic rings. The number of carbonyl (C=O) groups is 3. The molecule has 0 aliphatic heterocycles. The van der Waals surface area contributed by atoms with Gasteiger partial charge in [-0.05, 0) is 57.7 Å². The molecule has 3 amide bonds. The first-order valence-corrected chi connectivity index (χ1v) is 17.2. The molecule has 9 nitrogen and oxygen atoms in total.